The van der Waals surface area contributed by atoms with Gasteiger partial charge in [-0.15, -0.1) is 0 Å². The predicted molar refractivity (Wildman–Crippen MR) is 110 cm³/mol. The highest BCUT2D eigenvalue weighted by Crippen LogP contribution is 2.35. The number of hydrogen-bond donors (Lipinski definition) is 1. The first-order valence-corrected chi connectivity index (χ1v) is 8.77. The number of hydrogen-bond acceptors (Lipinski definition) is 5. The van der Waals surface area contributed by atoms with Gasteiger partial charge in [0.05, 0.1) is 16.2 Å². The number of nitrogen functional groups attached to an aromatic ring is 1. The predicted octanol–water partition coefficient (Wildman–Crippen LogP) is 5.08. The monoisotopic (exact) mass is 372 g/mol. The van der Waals surface area contributed by atoms with Crippen LogP contribution in [-0.4, -0.2) is 9.91 Å². The molecule has 1 heterocycles. The third kappa shape index (κ3) is 3.55. The molecule has 0 bridgehead atoms. The summed E-state index contributed by atoms with van der Waals surface area (Å²) in [6.45, 7) is 6.37. The molecule has 0 radical (unpaired) electrons. The second-order valence-corrected chi connectivity index (χ2v) is 7.53. The van der Waals surface area contributed by atoms with Gasteiger partial charge in [0.2, 0.25) is 0 Å². The lowest BCUT2D eigenvalue weighted by atomic mass is 9.86. The first-order valence-electron chi connectivity index (χ1n) is 8.77. The molecular weight excluding hydrogens is 352 g/mol. The summed E-state index contributed by atoms with van der Waals surface area (Å²) in [6, 6.07) is 18.0. The first-order chi connectivity index (χ1) is 13.2. The van der Waals surface area contributed by atoms with Gasteiger partial charge in [-0.3, -0.25) is 10.1 Å². The molecule has 0 aliphatic heterocycles. The van der Waals surface area contributed by atoms with E-state index in [0.717, 1.165) is 11.1 Å². The zero-order valence-electron chi connectivity index (χ0n) is 15.9. The summed E-state index contributed by atoms with van der Waals surface area (Å²) < 4.78 is 0. The van der Waals surface area contributed by atoms with Crippen LogP contribution >= 0.6 is 0 Å². The van der Waals surface area contributed by atoms with Crippen molar-refractivity contribution in [2.24, 2.45) is 0 Å². The van der Waals surface area contributed by atoms with Crippen LogP contribution in [0.5, 0.6) is 0 Å². The van der Waals surface area contributed by atoms with E-state index in [0.29, 0.717) is 16.8 Å². The molecule has 6 nitrogen and oxygen atoms in total. The second-order valence-electron chi connectivity index (χ2n) is 7.53. The van der Waals surface area contributed by atoms with Crippen LogP contribution in [0.15, 0.2) is 54.6 Å². The number of nitro benzene ring substituents is 1. The van der Waals surface area contributed by atoms with Crippen molar-refractivity contribution >= 4 is 11.5 Å². The zero-order valence-corrected chi connectivity index (χ0v) is 15.9. The maximum absolute atomic E-state index is 11.4. The van der Waals surface area contributed by atoms with Crippen molar-refractivity contribution in [2.75, 3.05) is 5.73 Å². The van der Waals surface area contributed by atoms with Crippen molar-refractivity contribution < 1.29 is 4.92 Å². The zero-order chi connectivity index (χ0) is 20.5. The third-order valence-corrected chi connectivity index (χ3v) is 4.60. The van der Waals surface area contributed by atoms with Gasteiger partial charge in [0.15, 0.2) is 0 Å². The SMILES string of the molecule is CC(C)(C)c1ccc(-c2cc(-c3ccccc3[N+](=O)[O-])nc(N)c2C#N)cc1. The largest absolute Gasteiger partial charge is 0.383 e. The summed E-state index contributed by atoms with van der Waals surface area (Å²) in [6.07, 6.45) is 0. The van der Waals surface area contributed by atoms with Gasteiger partial charge in [0, 0.05) is 11.6 Å². The average molecular weight is 372 g/mol. The number of rotatable bonds is 3. The highest BCUT2D eigenvalue weighted by molar-refractivity contribution is 5.82. The Morgan fingerprint density at radius 3 is 2.29 bits per heavy atom. The van der Waals surface area contributed by atoms with Gasteiger partial charge in [-0.25, -0.2) is 4.98 Å². The van der Waals surface area contributed by atoms with E-state index in [4.69, 9.17) is 5.73 Å². The molecular formula is C22H20N4O2. The molecule has 140 valence electrons. The third-order valence-electron chi connectivity index (χ3n) is 4.60. The Kier molecular flexibility index (Phi) is 4.85. The van der Waals surface area contributed by atoms with E-state index in [-0.39, 0.29) is 22.5 Å². The van der Waals surface area contributed by atoms with Crippen molar-refractivity contribution in [1.29, 1.82) is 5.26 Å². The number of nitro groups is 1. The molecule has 0 aliphatic rings. The molecule has 0 fully saturated rings. The number of nitrogens with zero attached hydrogens (tertiary/aromatic N) is 3. The van der Waals surface area contributed by atoms with E-state index in [9.17, 15) is 15.4 Å². The quantitative estimate of drug-likeness (QED) is 0.510. The number of nitrogens with two attached hydrogens (primary N) is 1. The van der Waals surface area contributed by atoms with Crippen LogP contribution < -0.4 is 5.73 Å². The number of aromatic nitrogens is 1. The summed E-state index contributed by atoms with van der Waals surface area (Å²) in [4.78, 5) is 15.2. The molecule has 6 heteroatoms. The fourth-order valence-corrected chi connectivity index (χ4v) is 3.05. The molecule has 0 atom stereocenters. The maximum atomic E-state index is 11.4. The first kappa shape index (κ1) is 19.1. The van der Waals surface area contributed by atoms with Gasteiger partial charge in [-0.05, 0) is 28.7 Å². The summed E-state index contributed by atoms with van der Waals surface area (Å²) in [5.41, 5.74) is 9.51. The molecule has 2 aromatic carbocycles. The normalized spacial score (nSPS) is 11.1. The van der Waals surface area contributed by atoms with Crippen LogP contribution in [-0.2, 0) is 5.41 Å². The van der Waals surface area contributed by atoms with Crippen molar-refractivity contribution in [1.82, 2.24) is 4.98 Å². The summed E-state index contributed by atoms with van der Waals surface area (Å²) in [5, 5.41) is 21.0. The number of pyridine rings is 1. The van der Waals surface area contributed by atoms with Gasteiger partial charge >= 0.3 is 0 Å². The van der Waals surface area contributed by atoms with E-state index in [1.165, 1.54) is 6.07 Å². The maximum Gasteiger partial charge on any atom is 0.278 e. The van der Waals surface area contributed by atoms with Gasteiger partial charge in [0.1, 0.15) is 17.5 Å². The number of anilines is 1. The molecule has 3 rings (SSSR count). The van der Waals surface area contributed by atoms with Crippen molar-refractivity contribution in [3.8, 4) is 28.5 Å². The summed E-state index contributed by atoms with van der Waals surface area (Å²) in [5.74, 6) is 0.0491. The Morgan fingerprint density at radius 1 is 1.07 bits per heavy atom. The second kappa shape index (κ2) is 7.12. The van der Waals surface area contributed by atoms with Crippen molar-refractivity contribution in [3.63, 3.8) is 0 Å². The summed E-state index contributed by atoms with van der Waals surface area (Å²) in [7, 11) is 0. The van der Waals surface area contributed by atoms with E-state index < -0.39 is 4.92 Å². The molecule has 1 aromatic heterocycles. The lowest BCUT2D eigenvalue weighted by Gasteiger charge is -2.19. The number of nitriles is 1. The molecule has 0 unspecified atom stereocenters. The smallest absolute Gasteiger partial charge is 0.278 e. The average Bonchev–Trinajstić information content (AvgIpc) is 2.66. The summed E-state index contributed by atoms with van der Waals surface area (Å²) >= 11 is 0. The topological polar surface area (TPSA) is 106 Å². The fourth-order valence-electron chi connectivity index (χ4n) is 3.05. The standard InChI is InChI=1S/C22H20N4O2/c1-22(2,3)15-10-8-14(9-11-15)17-12-19(25-21(24)18(17)13-23)16-6-4-5-7-20(16)26(27)28/h4-12H,1-3H3,(H2,24,25). The van der Waals surface area contributed by atoms with Crippen LogP contribution in [0.3, 0.4) is 0 Å². The molecule has 0 saturated heterocycles. The minimum absolute atomic E-state index is 0.00364. The minimum atomic E-state index is -0.455. The Balaban J connectivity index is 2.21. The van der Waals surface area contributed by atoms with Crippen LogP contribution in [0.4, 0.5) is 11.5 Å². The highest BCUT2D eigenvalue weighted by atomic mass is 16.6. The van der Waals surface area contributed by atoms with Crippen LogP contribution in [0, 0.1) is 21.4 Å². The Hall–Kier alpha value is -3.72. The molecule has 3 aromatic rings. The molecule has 0 aliphatic carbocycles. The lowest BCUT2D eigenvalue weighted by Crippen LogP contribution is -2.10. The van der Waals surface area contributed by atoms with E-state index in [1.54, 1.807) is 24.3 Å². The van der Waals surface area contributed by atoms with E-state index in [2.05, 4.69) is 31.8 Å². The number of para-hydroxylation sites is 1. The lowest BCUT2D eigenvalue weighted by molar-refractivity contribution is -0.384. The van der Waals surface area contributed by atoms with Gasteiger partial charge in [-0.1, -0.05) is 57.2 Å². The number of benzene rings is 2. The van der Waals surface area contributed by atoms with Crippen molar-refractivity contribution in [3.05, 3.63) is 75.8 Å². The molecule has 2 N–H and O–H groups in total. The molecule has 28 heavy (non-hydrogen) atoms. The Morgan fingerprint density at radius 2 is 1.71 bits per heavy atom. The van der Waals surface area contributed by atoms with Gasteiger partial charge < -0.3 is 5.73 Å². The Bertz CT molecular complexity index is 1090. The molecule has 0 spiro atoms. The van der Waals surface area contributed by atoms with Gasteiger partial charge in [-0.2, -0.15) is 5.26 Å². The van der Waals surface area contributed by atoms with Gasteiger partial charge in [0.25, 0.3) is 5.69 Å². The van der Waals surface area contributed by atoms with Crippen LogP contribution in [0.1, 0.15) is 31.9 Å². The molecule has 0 saturated carbocycles. The van der Waals surface area contributed by atoms with Crippen molar-refractivity contribution in [2.45, 2.75) is 26.2 Å². The van der Waals surface area contributed by atoms with Crippen LogP contribution in [0.25, 0.3) is 22.4 Å². The molecule has 0 amide bonds. The van der Waals surface area contributed by atoms with E-state index >= 15 is 0 Å². The highest BCUT2D eigenvalue weighted by Gasteiger charge is 2.20. The Labute approximate surface area is 163 Å². The minimum Gasteiger partial charge on any atom is -0.383 e. The van der Waals surface area contributed by atoms with Crippen LogP contribution in [0.2, 0.25) is 0 Å². The van der Waals surface area contributed by atoms with E-state index in [1.807, 2.05) is 24.3 Å². The fraction of sp³-hybridized carbons (Fsp3) is 0.182.